The lowest BCUT2D eigenvalue weighted by atomic mass is 10.3. The van der Waals surface area contributed by atoms with Crippen LogP contribution in [0.4, 0.5) is 5.69 Å². The van der Waals surface area contributed by atoms with Gasteiger partial charge in [-0.05, 0) is 19.1 Å². The normalized spacial score (nSPS) is 11.2. The molecule has 1 aromatic heterocycles. The summed E-state index contributed by atoms with van der Waals surface area (Å²) in [5.41, 5.74) is 1.00. The summed E-state index contributed by atoms with van der Waals surface area (Å²) >= 11 is 0. The van der Waals surface area contributed by atoms with Crippen LogP contribution in [0.3, 0.4) is 0 Å². The predicted molar refractivity (Wildman–Crippen MR) is 78.3 cm³/mol. The number of hydrogen-bond acceptors (Lipinski definition) is 5. The Hall–Kier alpha value is -2.22. The maximum atomic E-state index is 12.5. The summed E-state index contributed by atoms with van der Waals surface area (Å²) in [5, 5.41) is 4.10. The number of methoxy groups -OCH3 is 2. The molecule has 2 rings (SSSR count). The lowest BCUT2D eigenvalue weighted by Gasteiger charge is -2.12. The van der Waals surface area contributed by atoms with E-state index in [-0.39, 0.29) is 10.6 Å². The highest BCUT2D eigenvalue weighted by Gasteiger charge is 2.22. The van der Waals surface area contributed by atoms with E-state index in [0.717, 1.165) is 0 Å². The van der Waals surface area contributed by atoms with Gasteiger partial charge in [0.15, 0.2) is 0 Å². The van der Waals surface area contributed by atoms with E-state index in [0.29, 0.717) is 17.1 Å². The maximum Gasteiger partial charge on any atom is 0.265 e. The molecule has 2 aromatic rings. The fourth-order valence-electron chi connectivity index (χ4n) is 1.89. The number of ether oxygens (including phenoxy) is 2. The van der Waals surface area contributed by atoms with Gasteiger partial charge >= 0.3 is 0 Å². The Labute approximate surface area is 123 Å². The molecule has 8 heteroatoms. The predicted octanol–water partition coefficient (Wildman–Crippen LogP) is 1.55. The van der Waals surface area contributed by atoms with E-state index in [1.807, 2.05) is 0 Å². The summed E-state index contributed by atoms with van der Waals surface area (Å²) in [7, 11) is 0.795. The van der Waals surface area contributed by atoms with Crippen molar-refractivity contribution in [1.29, 1.82) is 0 Å². The highest BCUT2D eigenvalue weighted by atomic mass is 32.2. The van der Waals surface area contributed by atoms with Crippen molar-refractivity contribution >= 4 is 15.7 Å². The number of anilines is 1. The summed E-state index contributed by atoms with van der Waals surface area (Å²) in [6, 6.07) is 4.59. The second-order valence-electron chi connectivity index (χ2n) is 4.42. The van der Waals surface area contributed by atoms with Crippen molar-refractivity contribution in [2.45, 2.75) is 11.8 Å². The van der Waals surface area contributed by atoms with Crippen LogP contribution in [0.2, 0.25) is 0 Å². The molecule has 114 valence electrons. The third-order valence-corrected chi connectivity index (χ3v) is 4.30. The van der Waals surface area contributed by atoms with Gasteiger partial charge in [0, 0.05) is 19.3 Å². The molecule has 21 heavy (non-hydrogen) atoms. The minimum absolute atomic E-state index is 0.00704. The summed E-state index contributed by atoms with van der Waals surface area (Å²) in [5.74, 6) is 0.670. The van der Waals surface area contributed by atoms with Crippen LogP contribution in [-0.4, -0.2) is 32.4 Å². The van der Waals surface area contributed by atoms with Crippen LogP contribution in [0.1, 0.15) is 5.69 Å². The zero-order valence-electron chi connectivity index (χ0n) is 12.2. The topological polar surface area (TPSA) is 82.5 Å². The second-order valence-corrected chi connectivity index (χ2v) is 6.07. The fraction of sp³-hybridized carbons (Fsp3) is 0.308. The number of nitrogens with zero attached hydrogens (tertiary/aromatic N) is 2. The molecule has 0 saturated carbocycles. The summed E-state index contributed by atoms with van der Waals surface area (Å²) < 4.78 is 39.3. The van der Waals surface area contributed by atoms with Crippen molar-refractivity contribution in [3.63, 3.8) is 0 Å². The van der Waals surface area contributed by atoms with Crippen molar-refractivity contribution in [3.8, 4) is 11.5 Å². The molecule has 0 fully saturated rings. The number of hydrogen-bond donors (Lipinski definition) is 1. The van der Waals surface area contributed by atoms with E-state index in [9.17, 15) is 8.42 Å². The Morgan fingerprint density at radius 1 is 1.24 bits per heavy atom. The van der Waals surface area contributed by atoms with Crippen LogP contribution in [0.5, 0.6) is 11.5 Å². The Balaban J connectivity index is 2.46. The minimum atomic E-state index is -3.81. The van der Waals surface area contributed by atoms with Gasteiger partial charge < -0.3 is 9.47 Å². The Morgan fingerprint density at radius 2 is 1.95 bits per heavy atom. The van der Waals surface area contributed by atoms with Gasteiger partial charge in [0.25, 0.3) is 10.0 Å². The molecule has 0 atom stereocenters. The summed E-state index contributed by atoms with van der Waals surface area (Å²) in [6.45, 7) is 1.72. The minimum Gasteiger partial charge on any atom is -0.497 e. The van der Waals surface area contributed by atoms with Gasteiger partial charge in [-0.3, -0.25) is 9.40 Å². The van der Waals surface area contributed by atoms with Gasteiger partial charge in [0.05, 0.1) is 25.6 Å². The van der Waals surface area contributed by atoms with Crippen LogP contribution >= 0.6 is 0 Å². The smallest absolute Gasteiger partial charge is 0.265 e. The first-order valence-corrected chi connectivity index (χ1v) is 7.61. The van der Waals surface area contributed by atoms with Crippen LogP contribution in [0.15, 0.2) is 29.3 Å². The van der Waals surface area contributed by atoms with Crippen LogP contribution in [0, 0.1) is 6.92 Å². The number of aromatic nitrogens is 2. The molecule has 0 aliphatic rings. The summed E-state index contributed by atoms with van der Waals surface area (Å²) in [6.07, 6.45) is 1.60. The number of benzene rings is 1. The lowest BCUT2D eigenvalue weighted by molar-refractivity contribution is 0.392. The Morgan fingerprint density at radius 3 is 2.48 bits per heavy atom. The number of aryl methyl sites for hydroxylation is 2. The van der Waals surface area contributed by atoms with Crippen molar-refractivity contribution in [3.05, 3.63) is 30.1 Å². The highest BCUT2D eigenvalue weighted by Crippen LogP contribution is 2.30. The zero-order chi connectivity index (χ0) is 15.6. The molecule has 0 aliphatic carbocycles. The lowest BCUT2D eigenvalue weighted by Crippen LogP contribution is -2.14. The molecule has 1 N–H and O–H groups in total. The number of sulfonamides is 1. The first-order valence-electron chi connectivity index (χ1n) is 6.12. The van der Waals surface area contributed by atoms with Crippen LogP contribution < -0.4 is 14.2 Å². The standard InChI is InChI=1S/C13H17N3O4S/c1-9-11(8-16(2)14-9)15-21(17,18)13-7-10(19-3)5-6-12(13)20-4/h5-8,15H,1-4H3. The van der Waals surface area contributed by atoms with Crippen molar-refractivity contribution < 1.29 is 17.9 Å². The van der Waals surface area contributed by atoms with Gasteiger partial charge in [-0.2, -0.15) is 5.10 Å². The maximum absolute atomic E-state index is 12.5. The molecule has 0 unspecified atom stereocenters. The molecule has 0 radical (unpaired) electrons. The molecule has 7 nitrogen and oxygen atoms in total. The van der Waals surface area contributed by atoms with Crippen molar-refractivity contribution in [2.24, 2.45) is 7.05 Å². The van der Waals surface area contributed by atoms with Crippen LogP contribution in [0.25, 0.3) is 0 Å². The Bertz CT molecular complexity index is 753. The van der Waals surface area contributed by atoms with Gasteiger partial charge in [0.1, 0.15) is 16.4 Å². The highest BCUT2D eigenvalue weighted by molar-refractivity contribution is 7.92. The van der Waals surface area contributed by atoms with Gasteiger partial charge in [-0.25, -0.2) is 8.42 Å². The average molecular weight is 311 g/mol. The Kier molecular flexibility index (Phi) is 4.08. The fourth-order valence-corrected chi connectivity index (χ4v) is 3.18. The van der Waals surface area contributed by atoms with Crippen molar-refractivity contribution in [2.75, 3.05) is 18.9 Å². The molecule has 0 saturated heterocycles. The van der Waals surface area contributed by atoms with E-state index in [2.05, 4.69) is 9.82 Å². The quantitative estimate of drug-likeness (QED) is 0.906. The molecule has 0 bridgehead atoms. The monoisotopic (exact) mass is 311 g/mol. The molecule has 0 aliphatic heterocycles. The van der Waals surface area contributed by atoms with Crippen molar-refractivity contribution in [1.82, 2.24) is 9.78 Å². The molecular weight excluding hydrogens is 294 g/mol. The van der Waals surface area contributed by atoms with Gasteiger partial charge in [-0.1, -0.05) is 0 Å². The first-order chi connectivity index (χ1) is 9.87. The number of nitrogens with one attached hydrogen (secondary N) is 1. The first kappa shape index (κ1) is 15.2. The molecule has 1 heterocycles. The second kappa shape index (κ2) is 5.65. The molecule has 0 amide bonds. The van der Waals surface area contributed by atoms with E-state index < -0.39 is 10.0 Å². The van der Waals surface area contributed by atoms with E-state index >= 15 is 0 Å². The van der Waals surface area contributed by atoms with Crippen LogP contribution in [-0.2, 0) is 17.1 Å². The summed E-state index contributed by atoms with van der Waals surface area (Å²) in [4.78, 5) is 0.00704. The third kappa shape index (κ3) is 3.10. The average Bonchev–Trinajstić information content (AvgIpc) is 2.75. The van der Waals surface area contributed by atoms with Gasteiger partial charge in [-0.15, -0.1) is 0 Å². The SMILES string of the molecule is COc1ccc(OC)c(S(=O)(=O)Nc2cn(C)nc2C)c1. The van der Waals surface area contributed by atoms with E-state index in [1.165, 1.54) is 25.0 Å². The largest absolute Gasteiger partial charge is 0.497 e. The molecule has 1 aromatic carbocycles. The van der Waals surface area contributed by atoms with Gasteiger partial charge in [0.2, 0.25) is 0 Å². The zero-order valence-corrected chi connectivity index (χ0v) is 13.1. The molecular formula is C13H17N3O4S. The number of rotatable bonds is 5. The molecule has 0 spiro atoms. The van der Waals surface area contributed by atoms with E-state index in [1.54, 1.807) is 32.3 Å². The van der Waals surface area contributed by atoms with E-state index in [4.69, 9.17) is 9.47 Å². The third-order valence-electron chi connectivity index (χ3n) is 2.92.